The van der Waals surface area contributed by atoms with E-state index in [1.165, 1.54) is 10.5 Å². The molecule has 6 nitrogen and oxygen atoms in total. The first-order chi connectivity index (χ1) is 15.3. The van der Waals surface area contributed by atoms with Gasteiger partial charge < -0.3 is 20.4 Å². The second-order valence-electron chi connectivity index (χ2n) is 9.28. The number of nitrogens with one attached hydrogen (secondary N) is 2. The Balaban J connectivity index is 1.74. The molecule has 6 heteroatoms. The number of rotatable bonds is 7. The van der Waals surface area contributed by atoms with Crippen LogP contribution in [0.2, 0.25) is 0 Å². The number of carbonyl (C=O) groups is 2. The van der Waals surface area contributed by atoms with E-state index in [1.807, 2.05) is 12.1 Å². The van der Waals surface area contributed by atoms with Gasteiger partial charge in [-0.25, -0.2) is 4.79 Å². The second kappa shape index (κ2) is 11.0. The van der Waals surface area contributed by atoms with Crippen LogP contribution in [0.5, 0.6) is 0 Å². The second-order valence-corrected chi connectivity index (χ2v) is 9.28. The van der Waals surface area contributed by atoms with Crippen LogP contribution in [0.25, 0.3) is 0 Å². The molecule has 2 aromatic carbocycles. The van der Waals surface area contributed by atoms with Crippen molar-refractivity contribution in [2.75, 3.05) is 43.9 Å². The molecule has 172 valence electrons. The first-order valence-electron chi connectivity index (χ1n) is 11.5. The standard InChI is InChI=1S/C26H36N4O2/c1-19(2)18-27-25(31)23-17-22(28-26(32)29(3)4)10-11-24(23)30-14-12-21(13-15-30)16-20-8-6-5-7-9-20/h5-11,17,19,21H,12-16,18H2,1-4H3,(H,27,31)(H,28,32). The number of anilines is 2. The highest BCUT2D eigenvalue weighted by atomic mass is 16.2. The number of hydrogen-bond acceptors (Lipinski definition) is 3. The molecule has 2 aromatic rings. The van der Waals surface area contributed by atoms with Gasteiger partial charge in [-0.3, -0.25) is 4.79 Å². The number of nitrogens with zero attached hydrogens (tertiary/aromatic N) is 2. The lowest BCUT2D eigenvalue weighted by atomic mass is 9.89. The number of carbonyl (C=O) groups excluding carboxylic acids is 2. The van der Waals surface area contributed by atoms with Crippen molar-refractivity contribution >= 4 is 23.3 Å². The summed E-state index contributed by atoms with van der Waals surface area (Å²) in [5, 5.41) is 5.89. The Morgan fingerprint density at radius 2 is 1.75 bits per heavy atom. The van der Waals surface area contributed by atoms with Gasteiger partial charge in [0.15, 0.2) is 0 Å². The van der Waals surface area contributed by atoms with Crippen molar-refractivity contribution < 1.29 is 9.59 Å². The molecule has 1 saturated heterocycles. The van der Waals surface area contributed by atoms with Gasteiger partial charge in [-0.15, -0.1) is 0 Å². The number of amides is 3. The van der Waals surface area contributed by atoms with Crippen molar-refractivity contribution in [1.29, 1.82) is 0 Å². The Bertz CT molecular complexity index is 903. The maximum atomic E-state index is 13.0. The summed E-state index contributed by atoms with van der Waals surface area (Å²) < 4.78 is 0. The van der Waals surface area contributed by atoms with Crippen molar-refractivity contribution in [3.8, 4) is 0 Å². The topological polar surface area (TPSA) is 64.7 Å². The van der Waals surface area contributed by atoms with Crippen LogP contribution in [-0.4, -0.2) is 50.6 Å². The molecule has 2 N–H and O–H groups in total. The van der Waals surface area contributed by atoms with Crippen LogP contribution < -0.4 is 15.5 Å². The molecule has 0 bridgehead atoms. The van der Waals surface area contributed by atoms with Gasteiger partial charge in [0.25, 0.3) is 5.91 Å². The summed E-state index contributed by atoms with van der Waals surface area (Å²) in [7, 11) is 3.39. The summed E-state index contributed by atoms with van der Waals surface area (Å²) in [6, 6.07) is 16.1. The fraction of sp³-hybridized carbons (Fsp3) is 0.462. The molecule has 1 heterocycles. The molecule has 0 aliphatic carbocycles. The van der Waals surface area contributed by atoms with E-state index < -0.39 is 0 Å². The lowest BCUT2D eigenvalue weighted by Gasteiger charge is -2.35. The first-order valence-corrected chi connectivity index (χ1v) is 11.5. The van der Waals surface area contributed by atoms with Crippen LogP contribution in [0.4, 0.5) is 16.2 Å². The molecule has 0 aromatic heterocycles. The van der Waals surface area contributed by atoms with Crippen LogP contribution in [0, 0.1) is 11.8 Å². The third-order valence-electron chi connectivity index (χ3n) is 5.89. The molecule has 3 rings (SSSR count). The Morgan fingerprint density at radius 3 is 2.38 bits per heavy atom. The monoisotopic (exact) mass is 436 g/mol. The van der Waals surface area contributed by atoms with Gasteiger partial charge in [0.2, 0.25) is 0 Å². The average molecular weight is 437 g/mol. The fourth-order valence-corrected chi connectivity index (χ4v) is 4.02. The van der Waals surface area contributed by atoms with Crippen LogP contribution in [0.1, 0.15) is 42.6 Å². The van der Waals surface area contributed by atoms with E-state index in [4.69, 9.17) is 0 Å². The van der Waals surface area contributed by atoms with E-state index in [0.717, 1.165) is 38.0 Å². The molecular weight excluding hydrogens is 400 g/mol. The number of piperidine rings is 1. The molecule has 1 aliphatic rings. The van der Waals surface area contributed by atoms with E-state index in [2.05, 4.69) is 59.7 Å². The number of urea groups is 1. The van der Waals surface area contributed by atoms with E-state index >= 15 is 0 Å². The lowest BCUT2D eigenvalue weighted by Crippen LogP contribution is -2.36. The molecule has 1 aliphatic heterocycles. The maximum Gasteiger partial charge on any atom is 0.321 e. The molecule has 0 unspecified atom stereocenters. The van der Waals surface area contributed by atoms with Gasteiger partial charge in [-0.2, -0.15) is 0 Å². The third-order valence-corrected chi connectivity index (χ3v) is 5.89. The summed E-state index contributed by atoms with van der Waals surface area (Å²) in [5.74, 6) is 0.930. The maximum absolute atomic E-state index is 13.0. The zero-order chi connectivity index (χ0) is 23.1. The minimum absolute atomic E-state index is 0.0962. The molecule has 1 fully saturated rings. The van der Waals surface area contributed by atoms with E-state index in [1.54, 1.807) is 20.2 Å². The van der Waals surface area contributed by atoms with Crippen molar-refractivity contribution in [3.05, 3.63) is 59.7 Å². The smallest absolute Gasteiger partial charge is 0.321 e. The Kier molecular flexibility index (Phi) is 8.14. The van der Waals surface area contributed by atoms with Gasteiger partial charge >= 0.3 is 6.03 Å². The van der Waals surface area contributed by atoms with E-state index in [-0.39, 0.29) is 11.9 Å². The van der Waals surface area contributed by atoms with Crippen LogP contribution in [-0.2, 0) is 6.42 Å². The molecule has 0 radical (unpaired) electrons. The van der Waals surface area contributed by atoms with Gasteiger partial charge in [-0.05, 0) is 54.9 Å². The predicted molar refractivity (Wildman–Crippen MR) is 131 cm³/mol. The normalized spacial score (nSPS) is 14.3. The minimum Gasteiger partial charge on any atom is -0.371 e. The summed E-state index contributed by atoms with van der Waals surface area (Å²) in [6.45, 7) is 6.61. The average Bonchev–Trinajstić information content (AvgIpc) is 2.78. The number of hydrogen-bond donors (Lipinski definition) is 2. The van der Waals surface area contributed by atoms with Crippen LogP contribution in [0.15, 0.2) is 48.5 Å². The molecule has 0 atom stereocenters. The largest absolute Gasteiger partial charge is 0.371 e. The fourth-order valence-electron chi connectivity index (χ4n) is 4.02. The minimum atomic E-state index is -0.215. The van der Waals surface area contributed by atoms with Gasteiger partial charge in [0, 0.05) is 45.1 Å². The molecule has 3 amide bonds. The quantitative estimate of drug-likeness (QED) is 0.665. The first kappa shape index (κ1) is 23.6. The van der Waals surface area contributed by atoms with Crippen molar-refractivity contribution in [2.45, 2.75) is 33.1 Å². The predicted octanol–water partition coefficient (Wildman–Crippen LogP) is 4.63. The van der Waals surface area contributed by atoms with Crippen molar-refractivity contribution in [3.63, 3.8) is 0 Å². The van der Waals surface area contributed by atoms with Crippen LogP contribution >= 0.6 is 0 Å². The Labute approximate surface area is 192 Å². The summed E-state index contributed by atoms with van der Waals surface area (Å²) in [6.07, 6.45) is 3.30. The highest BCUT2D eigenvalue weighted by Gasteiger charge is 2.24. The molecule has 32 heavy (non-hydrogen) atoms. The van der Waals surface area contributed by atoms with Gasteiger partial charge in [0.1, 0.15) is 0 Å². The Morgan fingerprint density at radius 1 is 1.06 bits per heavy atom. The van der Waals surface area contributed by atoms with Crippen molar-refractivity contribution in [1.82, 2.24) is 10.2 Å². The summed E-state index contributed by atoms with van der Waals surface area (Å²) in [5.41, 5.74) is 3.57. The highest BCUT2D eigenvalue weighted by molar-refractivity contribution is 6.02. The zero-order valence-electron chi connectivity index (χ0n) is 19.7. The lowest BCUT2D eigenvalue weighted by molar-refractivity contribution is 0.0949. The summed E-state index contributed by atoms with van der Waals surface area (Å²) in [4.78, 5) is 28.9. The zero-order valence-corrected chi connectivity index (χ0v) is 19.7. The van der Waals surface area contributed by atoms with Crippen LogP contribution in [0.3, 0.4) is 0 Å². The highest BCUT2D eigenvalue weighted by Crippen LogP contribution is 2.30. The molecular formula is C26H36N4O2. The van der Waals surface area contributed by atoms with E-state index in [9.17, 15) is 9.59 Å². The third kappa shape index (κ3) is 6.49. The molecule has 0 saturated carbocycles. The van der Waals surface area contributed by atoms with E-state index in [0.29, 0.717) is 29.6 Å². The summed E-state index contributed by atoms with van der Waals surface area (Å²) >= 11 is 0. The van der Waals surface area contributed by atoms with Gasteiger partial charge in [-0.1, -0.05) is 44.2 Å². The Hall–Kier alpha value is -3.02. The van der Waals surface area contributed by atoms with Crippen molar-refractivity contribution in [2.24, 2.45) is 11.8 Å². The molecule has 0 spiro atoms. The van der Waals surface area contributed by atoms with Gasteiger partial charge in [0.05, 0.1) is 5.56 Å². The SMILES string of the molecule is CC(C)CNC(=O)c1cc(NC(=O)N(C)C)ccc1N1CCC(Cc2ccccc2)CC1. The number of benzene rings is 2.